The van der Waals surface area contributed by atoms with Crippen molar-refractivity contribution in [2.24, 2.45) is 5.41 Å². The minimum absolute atomic E-state index is 0.0573. The molecule has 3 aromatic rings. The number of ether oxygens (including phenoxy) is 1. The van der Waals surface area contributed by atoms with Crippen molar-refractivity contribution in [1.82, 2.24) is 19.8 Å². The molecule has 5 rings (SSSR count). The molecule has 4 heterocycles. The van der Waals surface area contributed by atoms with Crippen molar-refractivity contribution in [3.63, 3.8) is 0 Å². The van der Waals surface area contributed by atoms with E-state index in [1.54, 1.807) is 10.7 Å². The molecule has 2 aromatic heterocycles. The number of hydrogen-bond acceptors (Lipinski definition) is 6. The highest BCUT2D eigenvalue weighted by molar-refractivity contribution is 5.87. The number of nitriles is 1. The van der Waals surface area contributed by atoms with Gasteiger partial charge in [-0.25, -0.2) is 4.52 Å². The third kappa shape index (κ3) is 5.71. The van der Waals surface area contributed by atoms with Crippen molar-refractivity contribution in [2.45, 2.75) is 46.2 Å². The fourth-order valence-corrected chi connectivity index (χ4v) is 5.21. The maximum absolute atomic E-state index is 10.2. The first-order chi connectivity index (χ1) is 18.1. The topological polar surface area (TPSA) is 85.8 Å². The second-order valence-corrected chi connectivity index (χ2v) is 9.41. The van der Waals surface area contributed by atoms with Gasteiger partial charge in [-0.3, -0.25) is 4.90 Å². The van der Waals surface area contributed by atoms with Gasteiger partial charge in [-0.1, -0.05) is 50.3 Å². The Morgan fingerprint density at radius 2 is 1.97 bits per heavy atom. The van der Waals surface area contributed by atoms with Gasteiger partial charge in [0.1, 0.15) is 11.8 Å². The lowest BCUT2D eigenvalue weighted by Gasteiger charge is -2.43. The van der Waals surface area contributed by atoms with Gasteiger partial charge in [0.2, 0.25) is 0 Å². The number of hydrogen-bond donors (Lipinski definition) is 2. The Balaban J connectivity index is 0.00000156. The summed E-state index contributed by atoms with van der Waals surface area (Å²) in [5.41, 5.74) is 4.44. The summed E-state index contributed by atoms with van der Waals surface area (Å²) < 4.78 is 7.45. The molecule has 7 heteroatoms. The van der Waals surface area contributed by atoms with E-state index in [1.807, 2.05) is 45.3 Å². The van der Waals surface area contributed by atoms with Crippen LogP contribution in [-0.4, -0.2) is 52.1 Å². The highest BCUT2D eigenvalue weighted by Crippen LogP contribution is 2.36. The zero-order valence-corrected chi connectivity index (χ0v) is 22.0. The number of aliphatic hydroxyl groups is 1. The van der Waals surface area contributed by atoms with Gasteiger partial charge in [-0.15, -0.1) is 0 Å². The predicted molar refractivity (Wildman–Crippen MR) is 147 cm³/mol. The number of fused-ring (bicyclic) bond motifs is 1. The number of nitrogens with zero attached hydrogens (tertiary/aromatic N) is 4. The van der Waals surface area contributed by atoms with Gasteiger partial charge in [0.25, 0.3) is 0 Å². The van der Waals surface area contributed by atoms with E-state index in [-0.39, 0.29) is 18.2 Å². The highest BCUT2D eigenvalue weighted by atomic mass is 16.5. The maximum atomic E-state index is 10.2. The van der Waals surface area contributed by atoms with Crippen LogP contribution in [0.4, 0.5) is 0 Å². The number of aliphatic hydroxyl groups excluding tert-OH is 1. The Labute approximate surface area is 219 Å². The molecule has 2 aliphatic rings. The Morgan fingerprint density at radius 3 is 2.59 bits per heavy atom. The van der Waals surface area contributed by atoms with Crippen LogP contribution in [0.5, 0.6) is 5.75 Å². The van der Waals surface area contributed by atoms with Crippen LogP contribution in [-0.2, 0) is 6.42 Å². The first-order valence-electron chi connectivity index (χ1n) is 13.2. The van der Waals surface area contributed by atoms with E-state index in [9.17, 15) is 10.4 Å². The second-order valence-electron chi connectivity index (χ2n) is 9.41. The third-order valence-corrected chi connectivity index (χ3v) is 7.21. The smallest absolute Gasteiger partial charge is 0.138 e. The lowest BCUT2D eigenvalue weighted by atomic mass is 9.74. The largest absolute Gasteiger partial charge is 0.492 e. The molecule has 37 heavy (non-hydrogen) atoms. The zero-order chi connectivity index (χ0) is 26.3. The van der Waals surface area contributed by atoms with E-state index >= 15 is 0 Å². The van der Waals surface area contributed by atoms with Crippen LogP contribution in [0.3, 0.4) is 0 Å². The summed E-state index contributed by atoms with van der Waals surface area (Å²) in [6.45, 7) is 8.56. The molecule has 194 valence electrons. The number of nitrogens with one attached hydrogen (secondary N) is 1. The van der Waals surface area contributed by atoms with Crippen molar-refractivity contribution in [3.05, 3.63) is 83.8 Å². The lowest BCUT2D eigenvalue weighted by molar-refractivity contribution is 0.0315. The minimum Gasteiger partial charge on any atom is -0.492 e. The van der Waals surface area contributed by atoms with E-state index in [2.05, 4.69) is 57.8 Å². The van der Waals surface area contributed by atoms with Crippen molar-refractivity contribution in [3.8, 4) is 11.8 Å². The molecule has 0 radical (unpaired) electrons. The molecular formula is C30H37N5O2. The summed E-state index contributed by atoms with van der Waals surface area (Å²) in [7, 11) is 0. The van der Waals surface area contributed by atoms with Crippen molar-refractivity contribution >= 4 is 11.1 Å². The van der Waals surface area contributed by atoms with Gasteiger partial charge in [-0.2, -0.15) is 10.4 Å². The number of aromatic nitrogens is 2. The number of dihydropyridines is 1. The molecule has 1 fully saturated rings. The molecule has 1 saturated heterocycles. The predicted octanol–water partition coefficient (Wildman–Crippen LogP) is 4.77. The van der Waals surface area contributed by atoms with Crippen LogP contribution in [0.25, 0.3) is 11.1 Å². The van der Waals surface area contributed by atoms with Crippen molar-refractivity contribution in [2.75, 3.05) is 26.3 Å². The third-order valence-electron chi connectivity index (χ3n) is 7.21. The molecule has 7 nitrogen and oxygen atoms in total. The van der Waals surface area contributed by atoms with Crippen LogP contribution in [0, 0.1) is 16.7 Å². The van der Waals surface area contributed by atoms with E-state index in [4.69, 9.17) is 4.74 Å². The summed E-state index contributed by atoms with van der Waals surface area (Å²) in [6, 6.07) is 14.7. The molecule has 2 aliphatic heterocycles. The molecule has 0 amide bonds. The fourth-order valence-electron chi connectivity index (χ4n) is 5.21. The van der Waals surface area contributed by atoms with Crippen LogP contribution >= 0.6 is 0 Å². The van der Waals surface area contributed by atoms with Crippen LogP contribution < -0.4 is 10.1 Å². The van der Waals surface area contributed by atoms with Crippen LogP contribution in [0.15, 0.2) is 67.1 Å². The molecule has 2 N–H and O–H groups in total. The summed E-state index contributed by atoms with van der Waals surface area (Å²) in [6.07, 6.45) is 12.6. The normalized spacial score (nSPS) is 18.8. The number of piperidine rings is 1. The van der Waals surface area contributed by atoms with Crippen LogP contribution in [0.1, 0.15) is 50.3 Å². The quantitative estimate of drug-likeness (QED) is 0.487. The molecule has 0 saturated carbocycles. The lowest BCUT2D eigenvalue weighted by Crippen LogP contribution is -2.51. The summed E-state index contributed by atoms with van der Waals surface area (Å²) in [5, 5.41) is 27.7. The van der Waals surface area contributed by atoms with Gasteiger partial charge in [0.15, 0.2) is 0 Å². The van der Waals surface area contributed by atoms with Crippen LogP contribution in [0.2, 0.25) is 0 Å². The molecular weight excluding hydrogens is 462 g/mol. The number of allylic oxidation sites excluding steroid dienone is 2. The number of benzene rings is 1. The average molecular weight is 500 g/mol. The highest BCUT2D eigenvalue weighted by Gasteiger charge is 2.36. The number of rotatable bonds is 7. The molecule has 0 bridgehead atoms. The summed E-state index contributed by atoms with van der Waals surface area (Å²) in [5.74, 6) is 0.716. The Morgan fingerprint density at radius 1 is 1.22 bits per heavy atom. The molecule has 0 spiro atoms. The SMILES string of the molecule is CC.CCOc1cc(C2=CNC(N3CCC(CO)(Cc4ccccc4)CC3)C=C2)c2c(C#N)cnn2c1. The number of pyridine rings is 1. The summed E-state index contributed by atoms with van der Waals surface area (Å²) in [4.78, 5) is 2.43. The Hall–Kier alpha value is -3.60. The number of likely N-dealkylation sites (tertiary alicyclic amines) is 1. The Kier molecular flexibility index (Phi) is 8.65. The minimum atomic E-state index is -0.0573. The van der Waals surface area contributed by atoms with Crippen molar-refractivity contribution < 1.29 is 9.84 Å². The first-order valence-corrected chi connectivity index (χ1v) is 13.2. The molecule has 1 atom stereocenters. The summed E-state index contributed by atoms with van der Waals surface area (Å²) >= 11 is 0. The fraction of sp³-hybridized carbons (Fsp3) is 0.400. The second kappa shape index (κ2) is 12.1. The van der Waals surface area contributed by atoms with E-state index in [1.165, 1.54) is 5.56 Å². The Bertz CT molecular complexity index is 1280. The van der Waals surface area contributed by atoms with Gasteiger partial charge < -0.3 is 15.2 Å². The monoisotopic (exact) mass is 499 g/mol. The van der Waals surface area contributed by atoms with Gasteiger partial charge in [0.05, 0.1) is 36.2 Å². The zero-order valence-electron chi connectivity index (χ0n) is 22.0. The molecule has 0 aliphatic carbocycles. The van der Waals surface area contributed by atoms with Gasteiger partial charge >= 0.3 is 0 Å². The van der Waals surface area contributed by atoms with Crippen molar-refractivity contribution in [1.29, 1.82) is 5.26 Å². The van der Waals surface area contributed by atoms with E-state index in [0.29, 0.717) is 17.9 Å². The maximum Gasteiger partial charge on any atom is 0.138 e. The standard InChI is InChI=1S/C28H31N5O2.C2H6/c1-2-35-24-14-25(27-23(16-29)18-31-33(27)19-24)22-8-9-26(30-17-22)32-12-10-28(20-34,11-13-32)15-21-6-4-3-5-7-21;1-2/h3-9,14,17-19,26,30,34H,2,10-13,15,20H2,1H3;1-2H3. The van der Waals surface area contributed by atoms with E-state index < -0.39 is 0 Å². The van der Waals surface area contributed by atoms with Gasteiger partial charge in [0, 0.05) is 31.5 Å². The first kappa shape index (κ1) is 26.5. The molecule has 1 unspecified atom stereocenters. The average Bonchev–Trinajstić information content (AvgIpc) is 3.38. The molecule has 1 aromatic carbocycles. The van der Waals surface area contributed by atoms with Gasteiger partial charge in [-0.05, 0) is 54.9 Å². The van der Waals surface area contributed by atoms with E-state index in [0.717, 1.165) is 49.0 Å².